The highest BCUT2D eigenvalue weighted by molar-refractivity contribution is 5.90. The average molecular weight is 338 g/mol. The van der Waals surface area contributed by atoms with E-state index in [4.69, 9.17) is 0 Å². The SMILES string of the molecule is CC(C)CCN1CC2N(C(=O)CN(C)N2C=O)[C@@H](CC(C)C)C1=O. The van der Waals surface area contributed by atoms with Gasteiger partial charge in [-0.1, -0.05) is 27.7 Å². The average Bonchev–Trinajstić information content (AvgIpc) is 2.47. The van der Waals surface area contributed by atoms with Gasteiger partial charge in [-0.15, -0.1) is 0 Å². The Bertz CT molecular complexity index is 494. The lowest BCUT2D eigenvalue weighted by Crippen LogP contribution is -2.74. The van der Waals surface area contributed by atoms with E-state index in [0.29, 0.717) is 31.3 Å². The highest BCUT2D eigenvalue weighted by Crippen LogP contribution is 2.28. The van der Waals surface area contributed by atoms with E-state index in [1.54, 1.807) is 22.0 Å². The Hall–Kier alpha value is -1.63. The third-order valence-corrected chi connectivity index (χ3v) is 4.77. The Kier molecular flexibility index (Phi) is 5.85. The summed E-state index contributed by atoms with van der Waals surface area (Å²) in [6.45, 7) is 9.53. The van der Waals surface area contributed by atoms with Gasteiger partial charge in [0.15, 0.2) is 0 Å². The number of rotatable bonds is 6. The van der Waals surface area contributed by atoms with E-state index in [2.05, 4.69) is 13.8 Å². The molecule has 136 valence electrons. The summed E-state index contributed by atoms with van der Waals surface area (Å²) in [5.41, 5.74) is 0. The number of piperazine rings is 1. The van der Waals surface area contributed by atoms with E-state index < -0.39 is 12.2 Å². The van der Waals surface area contributed by atoms with Gasteiger partial charge in [0.25, 0.3) is 0 Å². The number of carbonyl (C=O) groups is 3. The molecule has 7 heteroatoms. The van der Waals surface area contributed by atoms with E-state index in [1.165, 1.54) is 0 Å². The number of hydrogen-bond donors (Lipinski definition) is 0. The third kappa shape index (κ3) is 3.71. The predicted octanol–water partition coefficient (Wildman–Crippen LogP) is 0.763. The van der Waals surface area contributed by atoms with Crippen LogP contribution in [-0.2, 0) is 14.4 Å². The van der Waals surface area contributed by atoms with Gasteiger partial charge in [-0.2, -0.15) is 0 Å². The maximum absolute atomic E-state index is 13.0. The summed E-state index contributed by atoms with van der Waals surface area (Å²) >= 11 is 0. The quantitative estimate of drug-likeness (QED) is 0.671. The number of hydrogen-bond acceptors (Lipinski definition) is 4. The Morgan fingerprint density at radius 3 is 2.38 bits per heavy atom. The molecule has 2 atom stereocenters. The molecular weight excluding hydrogens is 308 g/mol. The molecule has 0 spiro atoms. The van der Waals surface area contributed by atoms with Gasteiger partial charge in [0.2, 0.25) is 18.2 Å². The molecule has 0 aromatic carbocycles. The van der Waals surface area contributed by atoms with Crippen LogP contribution in [-0.4, -0.2) is 76.9 Å². The number of nitrogens with zero attached hydrogens (tertiary/aromatic N) is 4. The third-order valence-electron chi connectivity index (χ3n) is 4.77. The van der Waals surface area contributed by atoms with Crippen molar-refractivity contribution < 1.29 is 14.4 Å². The van der Waals surface area contributed by atoms with Crippen LogP contribution in [0.25, 0.3) is 0 Å². The van der Waals surface area contributed by atoms with Crippen molar-refractivity contribution in [1.29, 1.82) is 0 Å². The molecule has 2 aliphatic rings. The van der Waals surface area contributed by atoms with Crippen molar-refractivity contribution in [3.05, 3.63) is 0 Å². The molecule has 2 fully saturated rings. The van der Waals surface area contributed by atoms with Gasteiger partial charge in [0.05, 0.1) is 13.1 Å². The van der Waals surface area contributed by atoms with Crippen LogP contribution in [0.4, 0.5) is 0 Å². The van der Waals surface area contributed by atoms with E-state index in [0.717, 1.165) is 12.8 Å². The first kappa shape index (κ1) is 18.7. The molecule has 0 aliphatic carbocycles. The molecule has 2 heterocycles. The zero-order chi connectivity index (χ0) is 18.0. The smallest absolute Gasteiger partial charge is 0.245 e. The minimum absolute atomic E-state index is 0.0179. The van der Waals surface area contributed by atoms with Crippen LogP contribution in [0, 0.1) is 11.8 Å². The van der Waals surface area contributed by atoms with Crippen LogP contribution in [0.5, 0.6) is 0 Å². The minimum Gasteiger partial charge on any atom is -0.337 e. The van der Waals surface area contributed by atoms with Crippen LogP contribution in [0.3, 0.4) is 0 Å². The first-order valence-electron chi connectivity index (χ1n) is 8.80. The van der Waals surface area contributed by atoms with Gasteiger partial charge in [-0.3, -0.25) is 19.4 Å². The normalized spacial score (nSPS) is 25.7. The lowest BCUT2D eigenvalue weighted by atomic mass is 9.96. The van der Waals surface area contributed by atoms with Crippen molar-refractivity contribution in [1.82, 2.24) is 19.8 Å². The van der Waals surface area contributed by atoms with Crippen molar-refractivity contribution in [2.45, 2.75) is 52.7 Å². The van der Waals surface area contributed by atoms with Crippen molar-refractivity contribution in [2.75, 3.05) is 26.7 Å². The molecule has 0 saturated carbocycles. The van der Waals surface area contributed by atoms with Crippen molar-refractivity contribution in [3.8, 4) is 0 Å². The largest absolute Gasteiger partial charge is 0.337 e. The van der Waals surface area contributed by atoms with Gasteiger partial charge < -0.3 is 9.80 Å². The summed E-state index contributed by atoms with van der Waals surface area (Å²) in [6, 6.07) is -0.473. The summed E-state index contributed by atoms with van der Waals surface area (Å²) in [6.07, 6.45) is 1.89. The van der Waals surface area contributed by atoms with E-state index >= 15 is 0 Å². The topological polar surface area (TPSA) is 64.2 Å². The van der Waals surface area contributed by atoms with Crippen LogP contribution in [0.15, 0.2) is 0 Å². The first-order valence-corrected chi connectivity index (χ1v) is 8.80. The second-order valence-electron chi connectivity index (χ2n) is 7.69. The lowest BCUT2D eigenvalue weighted by Gasteiger charge is -2.54. The first-order chi connectivity index (χ1) is 11.3. The molecule has 1 unspecified atom stereocenters. The molecule has 7 nitrogen and oxygen atoms in total. The van der Waals surface area contributed by atoms with Crippen LogP contribution < -0.4 is 0 Å². The molecule has 0 aromatic rings. The van der Waals surface area contributed by atoms with Crippen molar-refractivity contribution in [2.24, 2.45) is 11.8 Å². The predicted molar refractivity (Wildman–Crippen MR) is 90.4 cm³/mol. The van der Waals surface area contributed by atoms with Crippen LogP contribution in [0.2, 0.25) is 0 Å². The number of fused-ring (bicyclic) bond motifs is 1. The van der Waals surface area contributed by atoms with Crippen molar-refractivity contribution in [3.63, 3.8) is 0 Å². The highest BCUT2D eigenvalue weighted by Gasteiger charge is 2.48. The summed E-state index contributed by atoms with van der Waals surface area (Å²) in [7, 11) is 1.73. The summed E-state index contributed by atoms with van der Waals surface area (Å²) in [4.78, 5) is 40.6. The number of likely N-dealkylation sites (N-methyl/N-ethyl adjacent to an activating group) is 1. The fraction of sp³-hybridized carbons (Fsp3) is 0.824. The molecule has 2 rings (SSSR count). The molecule has 0 N–H and O–H groups in total. The van der Waals surface area contributed by atoms with Gasteiger partial charge in [0.1, 0.15) is 12.2 Å². The molecule has 2 saturated heterocycles. The van der Waals surface area contributed by atoms with E-state index in [1.807, 2.05) is 18.7 Å². The molecule has 24 heavy (non-hydrogen) atoms. The van der Waals surface area contributed by atoms with E-state index in [9.17, 15) is 14.4 Å². The monoisotopic (exact) mass is 338 g/mol. The molecule has 0 radical (unpaired) electrons. The van der Waals surface area contributed by atoms with Gasteiger partial charge >= 0.3 is 0 Å². The Morgan fingerprint density at radius 2 is 1.83 bits per heavy atom. The Morgan fingerprint density at radius 1 is 1.17 bits per heavy atom. The number of hydrazine groups is 1. The second-order valence-corrected chi connectivity index (χ2v) is 7.69. The molecule has 0 aromatic heterocycles. The number of carbonyl (C=O) groups excluding carboxylic acids is 3. The van der Waals surface area contributed by atoms with E-state index in [-0.39, 0.29) is 18.4 Å². The highest BCUT2D eigenvalue weighted by atomic mass is 16.2. The Labute approximate surface area is 144 Å². The molecule has 3 amide bonds. The Balaban J connectivity index is 2.30. The molecule has 2 aliphatic heterocycles. The standard InChI is InChI=1S/C17H30N4O3/c1-12(2)6-7-19-9-15-20(11-22)18(5)10-16(23)21(15)14(17(19)24)8-13(3)4/h11-15H,6-10H2,1-5H3/t14-,15?/m0/s1. The fourth-order valence-electron chi connectivity index (χ4n) is 3.48. The van der Waals surface area contributed by atoms with Crippen LogP contribution in [0.1, 0.15) is 40.5 Å². The minimum atomic E-state index is -0.473. The molecular formula is C17H30N4O3. The molecule has 0 bridgehead atoms. The zero-order valence-electron chi connectivity index (χ0n) is 15.4. The maximum atomic E-state index is 13.0. The summed E-state index contributed by atoms with van der Waals surface area (Å²) in [5.74, 6) is 0.728. The number of amides is 3. The lowest BCUT2D eigenvalue weighted by molar-refractivity contribution is -0.197. The van der Waals surface area contributed by atoms with Crippen LogP contribution >= 0.6 is 0 Å². The van der Waals surface area contributed by atoms with Gasteiger partial charge in [0, 0.05) is 13.6 Å². The maximum Gasteiger partial charge on any atom is 0.245 e. The summed E-state index contributed by atoms with van der Waals surface area (Å²) < 4.78 is 0. The van der Waals surface area contributed by atoms with Crippen molar-refractivity contribution >= 4 is 18.2 Å². The summed E-state index contributed by atoms with van der Waals surface area (Å²) in [5, 5.41) is 3.18. The van der Waals surface area contributed by atoms with Gasteiger partial charge in [-0.25, -0.2) is 5.01 Å². The fourth-order valence-corrected chi connectivity index (χ4v) is 3.48. The second kappa shape index (κ2) is 7.51. The zero-order valence-corrected chi connectivity index (χ0v) is 15.4. The van der Waals surface area contributed by atoms with Gasteiger partial charge in [-0.05, 0) is 24.7 Å².